The highest BCUT2D eigenvalue weighted by Gasteiger charge is 2.11. The highest BCUT2D eigenvalue weighted by Crippen LogP contribution is 2.21. The third kappa shape index (κ3) is 3.91. The molecule has 128 valence electrons. The minimum atomic E-state index is -0.202. The van der Waals surface area contributed by atoms with Crippen molar-refractivity contribution in [3.05, 3.63) is 83.2 Å². The van der Waals surface area contributed by atoms with Crippen LogP contribution in [0.15, 0.2) is 60.7 Å². The van der Waals surface area contributed by atoms with Gasteiger partial charge in [-0.05, 0) is 56.7 Å². The Kier molecular flexibility index (Phi) is 4.89. The normalized spacial score (nSPS) is 10.5. The van der Waals surface area contributed by atoms with Gasteiger partial charge in [-0.1, -0.05) is 35.9 Å². The molecule has 0 bridgehead atoms. The number of nitrogens with zero attached hydrogens (tertiary/aromatic N) is 1. The second kappa shape index (κ2) is 7.26. The van der Waals surface area contributed by atoms with E-state index in [2.05, 4.69) is 66.3 Å². The highest BCUT2D eigenvalue weighted by molar-refractivity contribution is 5.89. The predicted octanol–water partition coefficient (Wildman–Crippen LogP) is 4.72. The number of rotatable bonds is 4. The first-order chi connectivity index (χ1) is 12.0. The van der Waals surface area contributed by atoms with Gasteiger partial charge in [-0.2, -0.15) is 0 Å². The van der Waals surface area contributed by atoms with E-state index in [9.17, 15) is 4.79 Å². The SMILES string of the molecule is Cc1ccc(-n2c(C)cc(CNC(=O)Nc3ccccc3)c2C)cc1. The molecule has 0 aliphatic rings. The van der Waals surface area contributed by atoms with Crippen LogP contribution in [0.1, 0.15) is 22.5 Å². The van der Waals surface area contributed by atoms with Gasteiger partial charge >= 0.3 is 6.03 Å². The van der Waals surface area contributed by atoms with Crippen molar-refractivity contribution in [3.8, 4) is 5.69 Å². The van der Waals surface area contributed by atoms with Crippen LogP contribution in [0.25, 0.3) is 5.69 Å². The Morgan fingerprint density at radius 1 is 0.960 bits per heavy atom. The number of amides is 2. The van der Waals surface area contributed by atoms with Crippen molar-refractivity contribution >= 4 is 11.7 Å². The lowest BCUT2D eigenvalue weighted by molar-refractivity contribution is 0.251. The van der Waals surface area contributed by atoms with Crippen LogP contribution in [-0.4, -0.2) is 10.6 Å². The Labute approximate surface area is 148 Å². The smallest absolute Gasteiger partial charge is 0.319 e. The first-order valence-electron chi connectivity index (χ1n) is 8.39. The fourth-order valence-corrected chi connectivity index (χ4v) is 2.97. The minimum Gasteiger partial charge on any atom is -0.334 e. The molecule has 0 atom stereocenters. The van der Waals surface area contributed by atoms with E-state index >= 15 is 0 Å². The lowest BCUT2D eigenvalue weighted by atomic mass is 10.2. The Morgan fingerprint density at radius 2 is 1.64 bits per heavy atom. The Balaban J connectivity index is 1.70. The average Bonchev–Trinajstić information content (AvgIpc) is 2.89. The number of hydrogen-bond acceptors (Lipinski definition) is 1. The van der Waals surface area contributed by atoms with Gasteiger partial charge in [0.15, 0.2) is 0 Å². The van der Waals surface area contributed by atoms with Crippen LogP contribution in [0.5, 0.6) is 0 Å². The monoisotopic (exact) mass is 333 g/mol. The zero-order valence-corrected chi connectivity index (χ0v) is 14.8. The van der Waals surface area contributed by atoms with Gasteiger partial charge in [0.2, 0.25) is 0 Å². The van der Waals surface area contributed by atoms with Gasteiger partial charge in [0.25, 0.3) is 0 Å². The van der Waals surface area contributed by atoms with E-state index in [1.165, 1.54) is 5.56 Å². The minimum absolute atomic E-state index is 0.202. The molecule has 3 rings (SSSR count). The molecule has 2 amide bonds. The molecule has 2 N–H and O–H groups in total. The summed E-state index contributed by atoms with van der Waals surface area (Å²) < 4.78 is 2.21. The van der Waals surface area contributed by atoms with Gasteiger partial charge in [0.1, 0.15) is 0 Å². The zero-order valence-electron chi connectivity index (χ0n) is 14.8. The quantitative estimate of drug-likeness (QED) is 0.713. The first-order valence-corrected chi connectivity index (χ1v) is 8.39. The van der Waals surface area contributed by atoms with E-state index < -0.39 is 0 Å². The molecule has 0 radical (unpaired) electrons. The summed E-state index contributed by atoms with van der Waals surface area (Å²) in [6.45, 7) is 6.74. The van der Waals surface area contributed by atoms with Gasteiger partial charge in [0, 0.05) is 29.3 Å². The number of carbonyl (C=O) groups is 1. The van der Waals surface area contributed by atoms with E-state index in [0.29, 0.717) is 6.54 Å². The van der Waals surface area contributed by atoms with Gasteiger partial charge in [0.05, 0.1) is 0 Å². The summed E-state index contributed by atoms with van der Waals surface area (Å²) in [5.74, 6) is 0. The zero-order chi connectivity index (χ0) is 17.8. The highest BCUT2D eigenvalue weighted by atomic mass is 16.2. The van der Waals surface area contributed by atoms with Crippen molar-refractivity contribution in [2.75, 3.05) is 5.32 Å². The van der Waals surface area contributed by atoms with Gasteiger partial charge < -0.3 is 15.2 Å². The Morgan fingerprint density at radius 3 is 2.32 bits per heavy atom. The maximum absolute atomic E-state index is 12.1. The number of nitrogens with one attached hydrogen (secondary N) is 2. The summed E-state index contributed by atoms with van der Waals surface area (Å²) in [5.41, 5.74) is 6.57. The molecule has 4 nitrogen and oxygen atoms in total. The number of benzene rings is 2. The molecule has 1 aromatic heterocycles. The average molecular weight is 333 g/mol. The van der Waals surface area contributed by atoms with E-state index in [4.69, 9.17) is 0 Å². The predicted molar refractivity (Wildman–Crippen MR) is 102 cm³/mol. The molecule has 0 fully saturated rings. The third-order valence-corrected chi connectivity index (χ3v) is 4.30. The molecule has 0 aliphatic carbocycles. The number of aryl methyl sites for hydroxylation is 2. The molecular weight excluding hydrogens is 310 g/mol. The van der Waals surface area contributed by atoms with E-state index in [1.54, 1.807) is 0 Å². The standard InChI is InChI=1S/C21H23N3O/c1-15-9-11-20(12-10-15)24-16(2)13-18(17(24)3)14-22-21(25)23-19-7-5-4-6-8-19/h4-13H,14H2,1-3H3,(H2,22,23,25). The lowest BCUT2D eigenvalue weighted by Gasteiger charge is -2.11. The molecule has 25 heavy (non-hydrogen) atoms. The lowest BCUT2D eigenvalue weighted by Crippen LogP contribution is -2.28. The molecule has 4 heteroatoms. The van der Waals surface area contributed by atoms with Crippen molar-refractivity contribution in [2.24, 2.45) is 0 Å². The fourth-order valence-electron chi connectivity index (χ4n) is 2.97. The molecule has 0 unspecified atom stereocenters. The fraction of sp³-hybridized carbons (Fsp3) is 0.190. The van der Waals surface area contributed by atoms with Crippen molar-refractivity contribution in [3.63, 3.8) is 0 Å². The van der Waals surface area contributed by atoms with Crippen LogP contribution in [0.3, 0.4) is 0 Å². The van der Waals surface area contributed by atoms with E-state index in [1.807, 2.05) is 30.3 Å². The van der Waals surface area contributed by atoms with Crippen LogP contribution in [-0.2, 0) is 6.54 Å². The molecule has 2 aromatic carbocycles. The molecule has 3 aromatic rings. The number of aromatic nitrogens is 1. The van der Waals surface area contributed by atoms with Gasteiger partial charge in [-0.25, -0.2) is 4.79 Å². The summed E-state index contributed by atoms with van der Waals surface area (Å²) in [7, 11) is 0. The van der Waals surface area contributed by atoms with Crippen molar-refractivity contribution in [2.45, 2.75) is 27.3 Å². The summed E-state index contributed by atoms with van der Waals surface area (Å²) in [4.78, 5) is 12.1. The number of carbonyl (C=O) groups excluding carboxylic acids is 1. The maximum atomic E-state index is 12.1. The van der Waals surface area contributed by atoms with Crippen LogP contribution >= 0.6 is 0 Å². The molecule has 0 spiro atoms. The second-order valence-corrected chi connectivity index (χ2v) is 6.24. The number of urea groups is 1. The van der Waals surface area contributed by atoms with Crippen LogP contribution < -0.4 is 10.6 Å². The summed E-state index contributed by atoms with van der Waals surface area (Å²) in [6.07, 6.45) is 0. The largest absolute Gasteiger partial charge is 0.334 e. The van der Waals surface area contributed by atoms with Gasteiger partial charge in [-0.15, -0.1) is 0 Å². The molecule has 0 saturated carbocycles. The van der Waals surface area contributed by atoms with E-state index in [0.717, 1.165) is 28.3 Å². The van der Waals surface area contributed by atoms with Crippen LogP contribution in [0.4, 0.5) is 10.5 Å². The molecular formula is C21H23N3O. The summed E-state index contributed by atoms with van der Waals surface area (Å²) in [6, 6.07) is 19.8. The summed E-state index contributed by atoms with van der Waals surface area (Å²) >= 11 is 0. The maximum Gasteiger partial charge on any atom is 0.319 e. The number of anilines is 1. The molecule has 0 aliphatic heterocycles. The van der Waals surface area contributed by atoms with E-state index in [-0.39, 0.29) is 6.03 Å². The third-order valence-electron chi connectivity index (χ3n) is 4.30. The van der Waals surface area contributed by atoms with Crippen molar-refractivity contribution in [1.29, 1.82) is 0 Å². The molecule has 1 heterocycles. The Bertz CT molecular complexity index is 864. The second-order valence-electron chi connectivity index (χ2n) is 6.24. The first kappa shape index (κ1) is 16.8. The van der Waals surface area contributed by atoms with Crippen molar-refractivity contribution in [1.82, 2.24) is 9.88 Å². The molecule has 0 saturated heterocycles. The number of para-hydroxylation sites is 1. The Hall–Kier alpha value is -3.01. The topological polar surface area (TPSA) is 46.1 Å². The number of hydrogen-bond donors (Lipinski definition) is 2. The van der Waals surface area contributed by atoms with Gasteiger partial charge in [-0.3, -0.25) is 0 Å². The van der Waals surface area contributed by atoms with Crippen LogP contribution in [0.2, 0.25) is 0 Å². The van der Waals surface area contributed by atoms with Crippen LogP contribution in [0, 0.1) is 20.8 Å². The van der Waals surface area contributed by atoms with Crippen molar-refractivity contribution < 1.29 is 4.79 Å². The summed E-state index contributed by atoms with van der Waals surface area (Å²) in [5, 5.41) is 5.76.